The van der Waals surface area contributed by atoms with Crippen LogP contribution in [0.25, 0.3) is 0 Å². The summed E-state index contributed by atoms with van der Waals surface area (Å²) >= 11 is 12.4. The fraction of sp³-hybridized carbons (Fsp3) is 0.400. The van der Waals surface area contributed by atoms with Crippen molar-refractivity contribution in [2.45, 2.75) is 70.4 Å². The standard InChI is InChI=1S/C35H37Cl2F2N3O4/c1-6-7-15-42-28(18-34(2,3)4)35(19-40,24-14-11-20(36)16-26(24)38)29(23-9-8-10-25(37)30(23)39)31(42)32(43)41-21-12-13-22(33(44)45)27(17-21)46-5/h8-14,16-17,28-29,31H,6-7,15,18H2,1-5H3,(H,41,43)(H,44,45)/t28-,29-,31+,35-/m0/s1. The summed E-state index contributed by atoms with van der Waals surface area (Å²) in [5, 5.41) is 23.6. The highest BCUT2D eigenvalue weighted by atomic mass is 35.5. The predicted octanol–water partition coefficient (Wildman–Crippen LogP) is 8.45. The molecule has 1 fully saturated rings. The molecule has 0 aromatic heterocycles. The van der Waals surface area contributed by atoms with Crippen LogP contribution in [0.5, 0.6) is 5.75 Å². The number of nitriles is 1. The maximum Gasteiger partial charge on any atom is 0.339 e. The Hall–Kier alpha value is -3.71. The van der Waals surface area contributed by atoms with Crippen LogP contribution in [0.15, 0.2) is 54.6 Å². The molecule has 0 unspecified atom stereocenters. The second kappa shape index (κ2) is 14.0. The SMILES string of the molecule is CCCCN1[C@@H](CC(C)(C)C)[C@](C#N)(c2ccc(Cl)cc2F)[C@@H](c2cccc(Cl)c2F)[C@@H]1C(=O)Nc1ccc(C(=O)O)c(OC)c1. The number of nitrogens with one attached hydrogen (secondary N) is 1. The average Bonchev–Trinajstić information content (AvgIpc) is 3.25. The molecule has 0 radical (unpaired) electrons. The van der Waals surface area contributed by atoms with E-state index in [9.17, 15) is 20.0 Å². The average molecular weight is 673 g/mol. The van der Waals surface area contributed by atoms with Gasteiger partial charge in [-0.1, -0.05) is 75.5 Å². The molecule has 1 amide bonds. The fourth-order valence-corrected chi connectivity index (χ4v) is 6.95. The van der Waals surface area contributed by atoms with E-state index < -0.39 is 52.3 Å². The monoisotopic (exact) mass is 671 g/mol. The molecule has 3 aromatic carbocycles. The number of unbranched alkanes of at least 4 members (excludes halogenated alkanes) is 1. The van der Waals surface area contributed by atoms with Crippen molar-refractivity contribution in [2.24, 2.45) is 5.41 Å². The van der Waals surface area contributed by atoms with Gasteiger partial charge in [-0.05, 0) is 60.7 Å². The minimum absolute atomic E-state index is 0.000244. The molecule has 4 atom stereocenters. The Balaban J connectivity index is 2.04. The normalized spacial score (nSPS) is 21.5. The number of methoxy groups -OCH3 is 1. The van der Waals surface area contributed by atoms with Crippen LogP contribution in [0.2, 0.25) is 10.0 Å². The Morgan fingerprint density at radius 3 is 2.43 bits per heavy atom. The fourth-order valence-electron chi connectivity index (χ4n) is 6.61. The summed E-state index contributed by atoms with van der Waals surface area (Å²) < 4.78 is 37.5. The van der Waals surface area contributed by atoms with Gasteiger partial charge in [0.05, 0.1) is 24.2 Å². The molecule has 0 spiro atoms. The Kier molecular flexibility index (Phi) is 10.7. The van der Waals surface area contributed by atoms with Crippen LogP contribution in [0.1, 0.15) is 74.4 Å². The number of hydrogen-bond acceptors (Lipinski definition) is 5. The number of rotatable bonds is 10. The highest BCUT2D eigenvalue weighted by molar-refractivity contribution is 6.31. The summed E-state index contributed by atoms with van der Waals surface area (Å²) in [7, 11) is 1.31. The molecule has 244 valence electrons. The van der Waals surface area contributed by atoms with Gasteiger partial charge in [0.2, 0.25) is 5.91 Å². The van der Waals surface area contributed by atoms with E-state index in [1.54, 1.807) is 6.07 Å². The number of likely N-dealkylation sites (tertiary alicyclic amines) is 1. The van der Waals surface area contributed by atoms with Crippen molar-refractivity contribution in [3.63, 3.8) is 0 Å². The number of benzene rings is 3. The Morgan fingerprint density at radius 2 is 1.85 bits per heavy atom. The molecular weight excluding hydrogens is 635 g/mol. The summed E-state index contributed by atoms with van der Waals surface area (Å²) in [4.78, 5) is 28.2. The molecular formula is C35H37Cl2F2N3O4. The van der Waals surface area contributed by atoms with E-state index in [0.717, 1.165) is 12.5 Å². The van der Waals surface area contributed by atoms with Crippen LogP contribution in [0.3, 0.4) is 0 Å². The van der Waals surface area contributed by atoms with Crippen LogP contribution in [0, 0.1) is 28.4 Å². The lowest BCUT2D eigenvalue weighted by atomic mass is 9.62. The zero-order valence-corrected chi connectivity index (χ0v) is 27.8. The lowest BCUT2D eigenvalue weighted by Gasteiger charge is -2.39. The van der Waals surface area contributed by atoms with E-state index in [-0.39, 0.29) is 38.2 Å². The number of hydrogen-bond donors (Lipinski definition) is 2. The van der Waals surface area contributed by atoms with E-state index in [1.807, 2.05) is 32.6 Å². The maximum atomic E-state index is 16.2. The predicted molar refractivity (Wildman–Crippen MR) is 175 cm³/mol. The van der Waals surface area contributed by atoms with Crippen molar-refractivity contribution in [3.05, 3.63) is 93.0 Å². The smallest absolute Gasteiger partial charge is 0.339 e. The third-order valence-electron chi connectivity index (χ3n) is 8.51. The number of carboxylic acids is 1. The Bertz CT molecular complexity index is 1670. The first-order valence-corrected chi connectivity index (χ1v) is 15.7. The van der Waals surface area contributed by atoms with Crippen molar-refractivity contribution in [1.29, 1.82) is 5.26 Å². The largest absolute Gasteiger partial charge is 0.496 e. The summed E-state index contributed by atoms with van der Waals surface area (Å²) in [6, 6.07) is 13.0. The van der Waals surface area contributed by atoms with Gasteiger partial charge < -0.3 is 15.2 Å². The lowest BCUT2D eigenvalue weighted by molar-refractivity contribution is -0.121. The number of aromatic carboxylic acids is 1. The van der Waals surface area contributed by atoms with Gasteiger partial charge in [0, 0.05) is 34.3 Å². The van der Waals surface area contributed by atoms with Crippen LogP contribution in [-0.2, 0) is 10.2 Å². The van der Waals surface area contributed by atoms with Gasteiger partial charge in [0.25, 0.3) is 0 Å². The molecule has 1 aliphatic heterocycles. The highest BCUT2D eigenvalue weighted by Gasteiger charge is 2.64. The molecule has 46 heavy (non-hydrogen) atoms. The van der Waals surface area contributed by atoms with Crippen LogP contribution in [-0.4, -0.2) is 47.6 Å². The number of carbonyl (C=O) groups is 2. The zero-order chi connectivity index (χ0) is 34.0. The molecule has 0 saturated carbocycles. The number of carboxylic acid groups (broad SMARTS) is 1. The molecule has 2 N–H and O–H groups in total. The number of carbonyl (C=O) groups excluding carboxylic acids is 1. The second-order valence-electron chi connectivity index (χ2n) is 12.8. The van der Waals surface area contributed by atoms with Crippen molar-refractivity contribution in [1.82, 2.24) is 4.90 Å². The van der Waals surface area contributed by atoms with E-state index in [2.05, 4.69) is 11.4 Å². The first-order valence-electron chi connectivity index (χ1n) is 15.0. The quantitative estimate of drug-likeness (QED) is 0.224. The minimum Gasteiger partial charge on any atom is -0.496 e. The van der Waals surface area contributed by atoms with Crippen LogP contribution < -0.4 is 10.1 Å². The van der Waals surface area contributed by atoms with Gasteiger partial charge in [-0.3, -0.25) is 9.69 Å². The number of halogens is 4. The first kappa shape index (κ1) is 35.1. The van der Waals surface area contributed by atoms with Gasteiger partial charge in [-0.15, -0.1) is 0 Å². The molecule has 1 heterocycles. The topological polar surface area (TPSA) is 103 Å². The number of ether oxygens (including phenoxy) is 1. The number of anilines is 1. The molecule has 7 nitrogen and oxygen atoms in total. The summed E-state index contributed by atoms with van der Waals surface area (Å²) in [6.07, 6.45) is 1.75. The van der Waals surface area contributed by atoms with Crippen molar-refractivity contribution >= 4 is 40.8 Å². The lowest BCUT2D eigenvalue weighted by Crippen LogP contribution is -2.48. The van der Waals surface area contributed by atoms with Gasteiger partial charge in [-0.25, -0.2) is 13.6 Å². The number of amides is 1. The van der Waals surface area contributed by atoms with Crippen LogP contribution >= 0.6 is 23.2 Å². The van der Waals surface area contributed by atoms with Crippen LogP contribution in [0.4, 0.5) is 14.5 Å². The number of nitrogens with zero attached hydrogens (tertiary/aromatic N) is 2. The Morgan fingerprint density at radius 1 is 1.13 bits per heavy atom. The highest BCUT2D eigenvalue weighted by Crippen LogP contribution is 2.57. The second-order valence-corrected chi connectivity index (χ2v) is 13.6. The zero-order valence-electron chi connectivity index (χ0n) is 26.3. The van der Waals surface area contributed by atoms with E-state index >= 15 is 8.78 Å². The van der Waals surface area contributed by atoms with Gasteiger partial charge in [0.15, 0.2) is 0 Å². The summed E-state index contributed by atoms with van der Waals surface area (Å²) in [5.74, 6) is -4.54. The van der Waals surface area contributed by atoms with E-state index in [4.69, 9.17) is 27.9 Å². The van der Waals surface area contributed by atoms with Crippen molar-refractivity contribution in [3.8, 4) is 11.8 Å². The van der Waals surface area contributed by atoms with Crippen molar-refractivity contribution < 1.29 is 28.2 Å². The van der Waals surface area contributed by atoms with Gasteiger partial charge in [0.1, 0.15) is 28.4 Å². The molecule has 1 aliphatic rings. The third kappa shape index (κ3) is 6.71. The molecule has 0 bridgehead atoms. The third-order valence-corrected chi connectivity index (χ3v) is 9.04. The Labute approximate surface area is 278 Å². The first-order chi connectivity index (χ1) is 21.7. The van der Waals surface area contributed by atoms with Gasteiger partial charge >= 0.3 is 5.97 Å². The minimum atomic E-state index is -1.77. The van der Waals surface area contributed by atoms with E-state index in [1.165, 1.54) is 49.6 Å². The molecule has 4 rings (SSSR count). The maximum absolute atomic E-state index is 16.2. The molecule has 3 aromatic rings. The summed E-state index contributed by atoms with van der Waals surface area (Å²) in [6.45, 7) is 8.32. The summed E-state index contributed by atoms with van der Waals surface area (Å²) in [5.41, 5.74) is -2.04. The molecule has 1 saturated heterocycles. The van der Waals surface area contributed by atoms with Crippen molar-refractivity contribution in [2.75, 3.05) is 19.0 Å². The van der Waals surface area contributed by atoms with E-state index in [0.29, 0.717) is 19.4 Å². The van der Waals surface area contributed by atoms with Gasteiger partial charge in [-0.2, -0.15) is 5.26 Å². The molecule has 0 aliphatic carbocycles. The molecule has 11 heteroatoms.